The number of aromatic nitrogens is 4. The van der Waals surface area contributed by atoms with Gasteiger partial charge in [0.2, 0.25) is 5.95 Å². The van der Waals surface area contributed by atoms with Crippen molar-refractivity contribution in [1.82, 2.24) is 19.9 Å². The third-order valence-electron chi connectivity index (χ3n) is 1.65. The Balaban J connectivity index is 0.00000128. The largest absolute Gasteiger partial charge is 1.00 e. The van der Waals surface area contributed by atoms with Crippen molar-refractivity contribution < 1.29 is 39.5 Å². The van der Waals surface area contributed by atoms with Crippen LogP contribution in [0.25, 0.3) is 11.2 Å². The Morgan fingerprint density at radius 2 is 2.12 bits per heavy atom. The van der Waals surface area contributed by atoms with E-state index in [2.05, 4.69) is 19.9 Å². The second kappa shape index (κ2) is 4.56. The standard InChI is InChI=1S/C7H5N5O3.Na/c8-7-11-4-3(5(13)12-7)10-2(1-9-4)6(14)15;/h1H,(H,14,15)(H3,8,9,11,12,13);/q;+1/p-1. The van der Waals surface area contributed by atoms with Crippen LogP contribution in [0.4, 0.5) is 5.95 Å². The first-order valence-electron chi connectivity index (χ1n) is 3.82. The van der Waals surface area contributed by atoms with Crippen LogP contribution in [0, 0.1) is 0 Å². The molecule has 3 N–H and O–H groups in total. The fourth-order valence-electron chi connectivity index (χ4n) is 1.03. The number of hydrogen-bond acceptors (Lipinski definition) is 7. The molecule has 0 fully saturated rings. The molecule has 2 aromatic heterocycles. The summed E-state index contributed by atoms with van der Waals surface area (Å²) in [5.74, 6) is -1.62. The number of carboxylic acid groups (broad SMARTS) is 1. The molecule has 0 atom stereocenters. The maximum absolute atomic E-state index is 11.3. The first-order valence-corrected chi connectivity index (χ1v) is 3.82. The predicted molar refractivity (Wildman–Crippen MR) is 46.7 cm³/mol. The summed E-state index contributed by atoms with van der Waals surface area (Å²) in [5, 5.41) is 10.5. The quantitative estimate of drug-likeness (QED) is 0.465. The van der Waals surface area contributed by atoms with Crippen molar-refractivity contribution in [3.8, 4) is 0 Å². The van der Waals surface area contributed by atoms with E-state index in [0.29, 0.717) is 0 Å². The van der Waals surface area contributed by atoms with Crippen LogP contribution >= 0.6 is 0 Å². The van der Waals surface area contributed by atoms with Crippen LogP contribution in [-0.4, -0.2) is 25.9 Å². The molecule has 16 heavy (non-hydrogen) atoms. The Bertz CT molecular complexity index is 610. The van der Waals surface area contributed by atoms with E-state index in [9.17, 15) is 14.7 Å². The van der Waals surface area contributed by atoms with Gasteiger partial charge in [-0.3, -0.25) is 9.78 Å². The average molecular weight is 229 g/mol. The number of rotatable bonds is 1. The first-order chi connectivity index (χ1) is 7.08. The molecule has 0 amide bonds. The topological polar surface area (TPSA) is 138 Å². The van der Waals surface area contributed by atoms with Crippen LogP contribution in [-0.2, 0) is 0 Å². The minimum Gasteiger partial charge on any atom is -0.543 e. The van der Waals surface area contributed by atoms with Crippen LogP contribution in [0.15, 0.2) is 11.0 Å². The summed E-state index contributed by atoms with van der Waals surface area (Å²) in [4.78, 5) is 34.7. The summed E-state index contributed by atoms with van der Waals surface area (Å²) in [6.07, 6.45) is 0.948. The fraction of sp³-hybridized carbons (Fsp3) is 0. The molecule has 0 unspecified atom stereocenters. The van der Waals surface area contributed by atoms with E-state index in [0.717, 1.165) is 6.20 Å². The number of nitrogens with one attached hydrogen (secondary N) is 1. The Labute approximate surface area is 110 Å². The number of aromatic amines is 1. The zero-order chi connectivity index (χ0) is 11.0. The molecule has 0 saturated heterocycles. The maximum atomic E-state index is 11.3. The molecule has 0 aromatic carbocycles. The molecule has 0 saturated carbocycles. The SMILES string of the molecule is Nc1nc2ncc(C(=O)[O-])nc2c(=O)[nH]1.[Na+]. The molecule has 0 aliphatic rings. The zero-order valence-electron chi connectivity index (χ0n) is 8.22. The van der Waals surface area contributed by atoms with Gasteiger partial charge >= 0.3 is 29.6 Å². The van der Waals surface area contributed by atoms with E-state index in [1.807, 2.05) is 0 Å². The molecular formula is C7H4N5NaO3. The molecule has 0 bridgehead atoms. The Morgan fingerprint density at radius 3 is 2.75 bits per heavy atom. The van der Waals surface area contributed by atoms with Crippen LogP contribution in [0.2, 0.25) is 0 Å². The number of fused-ring (bicyclic) bond motifs is 1. The van der Waals surface area contributed by atoms with Gasteiger partial charge in [-0.1, -0.05) is 0 Å². The van der Waals surface area contributed by atoms with Gasteiger partial charge < -0.3 is 15.6 Å². The van der Waals surface area contributed by atoms with Crippen LogP contribution in [0.1, 0.15) is 10.5 Å². The van der Waals surface area contributed by atoms with Crippen LogP contribution in [0.5, 0.6) is 0 Å². The van der Waals surface area contributed by atoms with Crippen LogP contribution in [0.3, 0.4) is 0 Å². The number of carbonyl (C=O) groups excluding carboxylic acids is 1. The third kappa shape index (κ3) is 2.18. The molecular weight excluding hydrogens is 225 g/mol. The fourth-order valence-corrected chi connectivity index (χ4v) is 1.03. The summed E-state index contributed by atoms with van der Waals surface area (Å²) in [5.41, 5.74) is 3.98. The molecule has 2 heterocycles. The van der Waals surface area contributed by atoms with E-state index >= 15 is 0 Å². The Kier molecular flexibility index (Phi) is 3.58. The number of H-pyrrole nitrogens is 1. The smallest absolute Gasteiger partial charge is 0.543 e. The number of nitrogens with two attached hydrogens (primary N) is 1. The Morgan fingerprint density at radius 1 is 1.44 bits per heavy atom. The Hall–Kier alpha value is -1.51. The van der Waals surface area contributed by atoms with Crippen molar-refractivity contribution in [2.24, 2.45) is 0 Å². The summed E-state index contributed by atoms with van der Waals surface area (Å²) >= 11 is 0. The number of nitrogen functional groups attached to an aromatic ring is 1. The van der Waals surface area contributed by atoms with Crippen molar-refractivity contribution >= 4 is 23.1 Å². The van der Waals surface area contributed by atoms with Crippen molar-refractivity contribution in [2.45, 2.75) is 0 Å². The van der Waals surface area contributed by atoms with Gasteiger partial charge in [-0.2, -0.15) is 4.98 Å². The van der Waals surface area contributed by atoms with E-state index in [-0.39, 0.29) is 46.7 Å². The monoisotopic (exact) mass is 229 g/mol. The number of aromatic carboxylic acids is 1. The van der Waals surface area contributed by atoms with Crippen molar-refractivity contribution in [1.29, 1.82) is 0 Å². The summed E-state index contributed by atoms with van der Waals surface area (Å²) in [6, 6.07) is 0. The van der Waals surface area contributed by atoms with E-state index in [1.54, 1.807) is 0 Å². The zero-order valence-corrected chi connectivity index (χ0v) is 10.2. The van der Waals surface area contributed by atoms with Gasteiger partial charge in [-0.25, -0.2) is 9.97 Å². The number of nitrogens with zero attached hydrogens (tertiary/aromatic N) is 3. The normalized spacial score (nSPS) is 9.75. The molecule has 0 radical (unpaired) electrons. The second-order valence-corrected chi connectivity index (χ2v) is 2.67. The number of carbonyl (C=O) groups is 1. The second-order valence-electron chi connectivity index (χ2n) is 2.67. The van der Waals surface area contributed by atoms with Gasteiger partial charge in [0.15, 0.2) is 11.2 Å². The minimum atomic E-state index is -1.51. The molecule has 0 aliphatic carbocycles. The van der Waals surface area contributed by atoms with Crippen LogP contribution < -0.4 is 46.0 Å². The van der Waals surface area contributed by atoms with Gasteiger partial charge in [0.05, 0.1) is 12.2 Å². The molecule has 0 spiro atoms. The summed E-state index contributed by atoms with van der Waals surface area (Å²) in [6.45, 7) is 0. The van der Waals surface area contributed by atoms with Crippen molar-refractivity contribution in [3.63, 3.8) is 0 Å². The maximum Gasteiger partial charge on any atom is 1.00 e. The number of anilines is 1. The van der Waals surface area contributed by atoms with Gasteiger partial charge in [0, 0.05) is 0 Å². The van der Waals surface area contributed by atoms with Gasteiger partial charge in [-0.15, -0.1) is 0 Å². The van der Waals surface area contributed by atoms with Crippen molar-refractivity contribution in [3.05, 3.63) is 22.2 Å². The molecule has 0 aliphatic heterocycles. The molecule has 9 heteroatoms. The summed E-state index contributed by atoms with van der Waals surface area (Å²) in [7, 11) is 0. The average Bonchev–Trinajstić information content (AvgIpc) is 2.16. The van der Waals surface area contributed by atoms with Gasteiger partial charge in [-0.05, 0) is 0 Å². The molecule has 8 nitrogen and oxygen atoms in total. The predicted octanol–water partition coefficient (Wildman–Crippen LogP) is -5.34. The molecule has 2 aromatic rings. The van der Waals surface area contributed by atoms with E-state index in [1.165, 1.54) is 0 Å². The molecule has 2 rings (SSSR count). The summed E-state index contributed by atoms with van der Waals surface area (Å²) < 4.78 is 0. The first kappa shape index (κ1) is 12.6. The minimum absolute atomic E-state index is 0. The van der Waals surface area contributed by atoms with E-state index in [4.69, 9.17) is 5.73 Å². The van der Waals surface area contributed by atoms with Gasteiger partial charge in [0.1, 0.15) is 5.69 Å². The number of carboxylic acids is 1. The molecule has 76 valence electrons. The third-order valence-corrected chi connectivity index (χ3v) is 1.65. The van der Waals surface area contributed by atoms with Gasteiger partial charge in [0.25, 0.3) is 5.56 Å². The van der Waals surface area contributed by atoms with E-state index < -0.39 is 17.2 Å². The number of hydrogen-bond donors (Lipinski definition) is 2. The van der Waals surface area contributed by atoms with Crippen molar-refractivity contribution in [2.75, 3.05) is 5.73 Å².